The van der Waals surface area contributed by atoms with Gasteiger partial charge in [0.15, 0.2) is 0 Å². The van der Waals surface area contributed by atoms with Crippen molar-refractivity contribution in [1.29, 1.82) is 0 Å². The average Bonchev–Trinajstić information content (AvgIpc) is 2.31. The summed E-state index contributed by atoms with van der Waals surface area (Å²) in [5.41, 5.74) is 3.14. The van der Waals surface area contributed by atoms with Crippen molar-refractivity contribution in [3.05, 3.63) is 17.7 Å². The van der Waals surface area contributed by atoms with Crippen LogP contribution in [-0.2, 0) is 12.8 Å². The summed E-state index contributed by atoms with van der Waals surface area (Å²) in [5, 5.41) is 0. The minimum atomic E-state index is 0.436. The van der Waals surface area contributed by atoms with Crippen molar-refractivity contribution in [2.75, 3.05) is 0 Å². The summed E-state index contributed by atoms with van der Waals surface area (Å²) in [5.74, 6) is 0. The SMILES string of the molecule is CC1(C)Cc2ncn(I)c2C1. The molecule has 0 aromatic carbocycles. The van der Waals surface area contributed by atoms with E-state index in [9.17, 15) is 0 Å². The first-order valence-electron chi connectivity index (χ1n) is 3.80. The fourth-order valence-electron chi connectivity index (χ4n) is 1.68. The maximum absolute atomic E-state index is 4.35. The van der Waals surface area contributed by atoms with Crippen molar-refractivity contribution in [2.45, 2.75) is 26.7 Å². The second kappa shape index (κ2) is 2.21. The quantitative estimate of drug-likeness (QED) is 0.655. The minimum absolute atomic E-state index is 0.436. The molecule has 0 atom stereocenters. The molecule has 1 aromatic heterocycles. The van der Waals surface area contributed by atoms with E-state index in [0.717, 1.165) is 6.42 Å². The van der Waals surface area contributed by atoms with Gasteiger partial charge in [-0.2, -0.15) is 0 Å². The van der Waals surface area contributed by atoms with Gasteiger partial charge in [0.25, 0.3) is 0 Å². The van der Waals surface area contributed by atoms with Crippen molar-refractivity contribution >= 4 is 22.9 Å². The van der Waals surface area contributed by atoms with Crippen LogP contribution in [-0.4, -0.2) is 7.76 Å². The van der Waals surface area contributed by atoms with E-state index < -0.39 is 0 Å². The fraction of sp³-hybridized carbons (Fsp3) is 0.625. The standard InChI is InChI=1S/C8H11IN2/c1-8(2)3-6-7(4-8)11(9)5-10-6/h5H,3-4H2,1-2H3. The van der Waals surface area contributed by atoms with Crippen molar-refractivity contribution in [3.63, 3.8) is 0 Å². The molecule has 0 saturated heterocycles. The average molecular weight is 262 g/mol. The van der Waals surface area contributed by atoms with Crippen LogP contribution in [0, 0.1) is 5.41 Å². The molecule has 2 nitrogen and oxygen atoms in total. The molecule has 2 rings (SSSR count). The van der Waals surface area contributed by atoms with E-state index in [1.165, 1.54) is 17.8 Å². The largest absolute Gasteiger partial charge is 0.275 e. The molecule has 1 aliphatic rings. The van der Waals surface area contributed by atoms with E-state index in [1.807, 2.05) is 6.33 Å². The highest BCUT2D eigenvalue weighted by Crippen LogP contribution is 2.35. The van der Waals surface area contributed by atoms with E-state index in [0.29, 0.717) is 5.41 Å². The summed E-state index contributed by atoms with van der Waals surface area (Å²) in [6.07, 6.45) is 4.21. The molecular formula is C8H11IN2. The summed E-state index contributed by atoms with van der Waals surface area (Å²) in [6, 6.07) is 0. The number of imidazole rings is 1. The molecule has 0 fully saturated rings. The summed E-state index contributed by atoms with van der Waals surface area (Å²) in [4.78, 5) is 4.35. The van der Waals surface area contributed by atoms with Crippen LogP contribution in [0.15, 0.2) is 6.33 Å². The van der Waals surface area contributed by atoms with Gasteiger partial charge in [0.05, 0.1) is 34.3 Å². The Morgan fingerprint density at radius 1 is 1.55 bits per heavy atom. The van der Waals surface area contributed by atoms with Gasteiger partial charge in [-0.1, -0.05) is 13.8 Å². The highest BCUT2D eigenvalue weighted by Gasteiger charge is 2.31. The highest BCUT2D eigenvalue weighted by molar-refractivity contribution is 14.1. The highest BCUT2D eigenvalue weighted by atomic mass is 127. The second-order valence-corrected chi connectivity index (χ2v) is 5.01. The Kier molecular flexibility index (Phi) is 1.53. The van der Waals surface area contributed by atoms with Gasteiger partial charge in [0, 0.05) is 0 Å². The topological polar surface area (TPSA) is 17.8 Å². The first-order valence-corrected chi connectivity index (χ1v) is 4.76. The van der Waals surface area contributed by atoms with Crippen LogP contribution in [0.2, 0.25) is 0 Å². The molecule has 0 N–H and O–H groups in total. The lowest BCUT2D eigenvalue weighted by Gasteiger charge is -2.15. The Hall–Kier alpha value is -0.0600. The smallest absolute Gasteiger partial charge is 0.104 e. The second-order valence-electron chi connectivity index (χ2n) is 3.97. The number of hydrogen-bond donors (Lipinski definition) is 0. The molecule has 1 aliphatic carbocycles. The van der Waals surface area contributed by atoms with Gasteiger partial charge in [-0.05, 0) is 18.3 Å². The number of hydrogen-bond acceptors (Lipinski definition) is 1. The molecule has 1 heterocycles. The molecular weight excluding hydrogens is 251 g/mol. The predicted molar refractivity (Wildman–Crippen MR) is 52.8 cm³/mol. The molecule has 0 radical (unpaired) electrons. The van der Waals surface area contributed by atoms with Crippen LogP contribution in [0.1, 0.15) is 25.2 Å². The number of fused-ring (bicyclic) bond motifs is 1. The molecule has 11 heavy (non-hydrogen) atoms. The Bertz CT molecular complexity index is 288. The maximum atomic E-state index is 4.35. The lowest BCUT2D eigenvalue weighted by atomic mass is 9.91. The zero-order valence-electron chi connectivity index (χ0n) is 6.76. The molecule has 3 heteroatoms. The monoisotopic (exact) mass is 262 g/mol. The van der Waals surface area contributed by atoms with E-state index in [1.54, 1.807) is 0 Å². The van der Waals surface area contributed by atoms with E-state index in [4.69, 9.17) is 0 Å². The van der Waals surface area contributed by atoms with Gasteiger partial charge < -0.3 is 0 Å². The first kappa shape index (κ1) is 7.58. The lowest BCUT2D eigenvalue weighted by Crippen LogP contribution is -2.11. The van der Waals surface area contributed by atoms with Gasteiger partial charge in [0.2, 0.25) is 0 Å². The zero-order valence-corrected chi connectivity index (χ0v) is 8.92. The van der Waals surface area contributed by atoms with E-state index in [2.05, 4.69) is 44.5 Å². The normalized spacial score (nSPS) is 20.3. The van der Waals surface area contributed by atoms with Gasteiger partial charge in [-0.25, -0.2) is 4.98 Å². The Morgan fingerprint density at radius 3 is 2.91 bits per heavy atom. The van der Waals surface area contributed by atoms with Crippen LogP contribution in [0.3, 0.4) is 0 Å². The Morgan fingerprint density at radius 2 is 2.27 bits per heavy atom. The molecule has 60 valence electrons. The number of rotatable bonds is 0. The zero-order chi connectivity index (χ0) is 8.06. The van der Waals surface area contributed by atoms with Crippen molar-refractivity contribution in [3.8, 4) is 0 Å². The fourth-order valence-corrected chi connectivity index (χ4v) is 2.26. The molecule has 0 spiro atoms. The van der Waals surface area contributed by atoms with Crippen LogP contribution < -0.4 is 0 Å². The Labute approximate surface area is 80.5 Å². The first-order chi connectivity index (χ1) is 5.08. The lowest BCUT2D eigenvalue weighted by molar-refractivity contribution is 0.387. The molecule has 0 unspecified atom stereocenters. The van der Waals surface area contributed by atoms with Crippen LogP contribution in [0.5, 0.6) is 0 Å². The predicted octanol–water partition coefficient (Wildman–Crippen LogP) is 2.21. The van der Waals surface area contributed by atoms with Gasteiger partial charge in [-0.3, -0.25) is 2.78 Å². The van der Waals surface area contributed by atoms with Crippen LogP contribution in [0.4, 0.5) is 0 Å². The summed E-state index contributed by atoms with van der Waals surface area (Å²) in [6.45, 7) is 4.59. The van der Waals surface area contributed by atoms with E-state index in [-0.39, 0.29) is 0 Å². The van der Waals surface area contributed by atoms with Gasteiger partial charge >= 0.3 is 0 Å². The van der Waals surface area contributed by atoms with Crippen LogP contribution >= 0.6 is 22.9 Å². The van der Waals surface area contributed by atoms with Gasteiger partial charge in [-0.15, -0.1) is 0 Å². The maximum Gasteiger partial charge on any atom is 0.104 e. The minimum Gasteiger partial charge on any atom is -0.275 e. The third-order valence-corrected chi connectivity index (χ3v) is 3.03. The summed E-state index contributed by atoms with van der Waals surface area (Å²) >= 11 is 2.29. The number of halogens is 1. The van der Waals surface area contributed by atoms with E-state index >= 15 is 0 Å². The van der Waals surface area contributed by atoms with Crippen molar-refractivity contribution < 1.29 is 0 Å². The molecule has 0 aliphatic heterocycles. The summed E-state index contributed by atoms with van der Waals surface area (Å²) in [7, 11) is 0. The molecule has 0 saturated carbocycles. The third kappa shape index (κ3) is 1.19. The van der Waals surface area contributed by atoms with Gasteiger partial charge in [0.1, 0.15) is 6.33 Å². The molecule has 0 amide bonds. The Balaban J connectivity index is 2.42. The van der Waals surface area contributed by atoms with Crippen molar-refractivity contribution in [1.82, 2.24) is 7.76 Å². The molecule has 0 bridgehead atoms. The summed E-state index contributed by atoms with van der Waals surface area (Å²) < 4.78 is 2.11. The third-order valence-electron chi connectivity index (χ3n) is 2.20. The number of nitrogens with zero attached hydrogens (tertiary/aromatic N) is 2. The molecule has 1 aromatic rings. The number of aromatic nitrogens is 2. The van der Waals surface area contributed by atoms with Crippen LogP contribution in [0.25, 0.3) is 0 Å². The van der Waals surface area contributed by atoms with Crippen molar-refractivity contribution in [2.24, 2.45) is 5.41 Å².